The smallest absolute Gasteiger partial charge is 0.136 e. The summed E-state index contributed by atoms with van der Waals surface area (Å²) in [5.74, 6) is 0.511. The molecular weight excluding hydrogens is 292 g/mol. The van der Waals surface area contributed by atoms with Crippen LogP contribution in [0.2, 0.25) is 0 Å². The molecule has 0 bridgehead atoms. The van der Waals surface area contributed by atoms with Gasteiger partial charge in [-0.2, -0.15) is 0 Å². The minimum atomic E-state index is -0.614. The first-order valence-electron chi connectivity index (χ1n) is 7.24. The summed E-state index contributed by atoms with van der Waals surface area (Å²) in [4.78, 5) is 9.30. The summed E-state index contributed by atoms with van der Waals surface area (Å²) in [6, 6.07) is 17.6. The van der Waals surface area contributed by atoms with E-state index < -0.39 is 6.10 Å². The largest absolute Gasteiger partial charge is 0.388 e. The van der Waals surface area contributed by atoms with Crippen LogP contribution < -0.4 is 0 Å². The Kier molecular flexibility index (Phi) is 4.41. The van der Waals surface area contributed by atoms with Crippen LogP contribution in [0.25, 0.3) is 10.9 Å². The molecule has 1 aromatic heterocycles. The molecule has 0 aliphatic rings. The van der Waals surface area contributed by atoms with Gasteiger partial charge in [0, 0.05) is 11.3 Å². The SMILES string of the molecule is CSc1nc([C@H](C)[C@H](O)c2ccccc2)nc2ccccc12. The Bertz CT molecular complexity index is 776. The van der Waals surface area contributed by atoms with E-state index in [1.807, 2.05) is 67.8 Å². The first-order chi connectivity index (χ1) is 10.7. The molecule has 3 aromatic rings. The molecule has 0 unspecified atom stereocenters. The van der Waals surface area contributed by atoms with E-state index in [0.717, 1.165) is 21.5 Å². The zero-order valence-electron chi connectivity index (χ0n) is 12.6. The van der Waals surface area contributed by atoms with Gasteiger partial charge in [0.15, 0.2) is 0 Å². The Morgan fingerprint density at radius 3 is 2.36 bits per heavy atom. The summed E-state index contributed by atoms with van der Waals surface area (Å²) < 4.78 is 0. The number of fused-ring (bicyclic) bond motifs is 1. The molecule has 4 heteroatoms. The Morgan fingerprint density at radius 1 is 0.955 bits per heavy atom. The van der Waals surface area contributed by atoms with Crippen LogP contribution in [0.4, 0.5) is 0 Å². The van der Waals surface area contributed by atoms with E-state index >= 15 is 0 Å². The summed E-state index contributed by atoms with van der Waals surface area (Å²) in [6.45, 7) is 1.96. The lowest BCUT2D eigenvalue weighted by Crippen LogP contribution is -2.11. The maximum atomic E-state index is 10.6. The van der Waals surface area contributed by atoms with Crippen LogP contribution in [0.15, 0.2) is 59.6 Å². The quantitative estimate of drug-likeness (QED) is 0.580. The van der Waals surface area contributed by atoms with Gasteiger partial charge in [0.2, 0.25) is 0 Å². The molecule has 0 saturated heterocycles. The van der Waals surface area contributed by atoms with Crippen molar-refractivity contribution < 1.29 is 5.11 Å². The first kappa shape index (κ1) is 15.0. The number of rotatable bonds is 4. The van der Waals surface area contributed by atoms with Crippen LogP contribution in [0.5, 0.6) is 0 Å². The van der Waals surface area contributed by atoms with E-state index in [0.29, 0.717) is 5.82 Å². The molecule has 1 heterocycles. The highest BCUT2D eigenvalue weighted by molar-refractivity contribution is 7.98. The number of aliphatic hydroxyl groups is 1. The molecule has 0 fully saturated rings. The second kappa shape index (κ2) is 6.46. The van der Waals surface area contributed by atoms with Gasteiger partial charge in [-0.25, -0.2) is 9.97 Å². The normalized spacial score (nSPS) is 14.0. The van der Waals surface area contributed by atoms with Crippen molar-refractivity contribution in [3.8, 4) is 0 Å². The average Bonchev–Trinajstić information content (AvgIpc) is 2.60. The third kappa shape index (κ3) is 2.85. The zero-order valence-corrected chi connectivity index (χ0v) is 13.4. The second-order valence-corrected chi connectivity index (χ2v) is 6.05. The molecule has 2 aromatic carbocycles. The Morgan fingerprint density at radius 2 is 1.64 bits per heavy atom. The molecule has 0 saturated carbocycles. The second-order valence-electron chi connectivity index (χ2n) is 5.25. The number of para-hydroxylation sites is 1. The fourth-order valence-corrected chi connectivity index (χ4v) is 3.08. The lowest BCUT2D eigenvalue weighted by atomic mass is 9.96. The van der Waals surface area contributed by atoms with Crippen LogP contribution in [-0.4, -0.2) is 21.3 Å². The number of nitrogens with zero attached hydrogens (tertiary/aromatic N) is 2. The molecule has 3 nitrogen and oxygen atoms in total. The van der Waals surface area contributed by atoms with Gasteiger partial charge in [0.1, 0.15) is 10.9 Å². The van der Waals surface area contributed by atoms with Crippen molar-refractivity contribution in [2.24, 2.45) is 0 Å². The fraction of sp³-hybridized carbons (Fsp3) is 0.222. The van der Waals surface area contributed by atoms with Crippen molar-refractivity contribution in [2.45, 2.75) is 24.0 Å². The van der Waals surface area contributed by atoms with Crippen molar-refractivity contribution in [1.29, 1.82) is 0 Å². The van der Waals surface area contributed by atoms with E-state index in [-0.39, 0.29) is 5.92 Å². The number of aromatic nitrogens is 2. The molecule has 1 N–H and O–H groups in total. The highest BCUT2D eigenvalue weighted by Gasteiger charge is 2.22. The molecule has 22 heavy (non-hydrogen) atoms. The summed E-state index contributed by atoms with van der Waals surface area (Å²) in [6.07, 6.45) is 1.40. The maximum absolute atomic E-state index is 10.6. The summed E-state index contributed by atoms with van der Waals surface area (Å²) >= 11 is 1.60. The number of benzene rings is 2. The fourth-order valence-electron chi connectivity index (χ4n) is 2.50. The van der Waals surface area contributed by atoms with Crippen molar-refractivity contribution in [2.75, 3.05) is 6.26 Å². The van der Waals surface area contributed by atoms with Gasteiger partial charge in [-0.3, -0.25) is 0 Å². The molecule has 0 radical (unpaired) electrons. The molecule has 0 amide bonds. The summed E-state index contributed by atoms with van der Waals surface area (Å²) in [5.41, 5.74) is 1.81. The van der Waals surface area contributed by atoms with E-state index in [1.165, 1.54) is 0 Å². The van der Waals surface area contributed by atoms with E-state index in [1.54, 1.807) is 11.8 Å². The minimum absolute atomic E-state index is 0.169. The molecule has 3 rings (SSSR count). The summed E-state index contributed by atoms with van der Waals surface area (Å²) in [7, 11) is 0. The van der Waals surface area contributed by atoms with Crippen molar-refractivity contribution in [3.63, 3.8) is 0 Å². The topological polar surface area (TPSA) is 46.0 Å². The van der Waals surface area contributed by atoms with Gasteiger partial charge in [-0.1, -0.05) is 55.5 Å². The van der Waals surface area contributed by atoms with E-state index in [9.17, 15) is 5.11 Å². The lowest BCUT2D eigenvalue weighted by Gasteiger charge is -2.19. The van der Waals surface area contributed by atoms with Crippen LogP contribution in [0.1, 0.15) is 30.3 Å². The van der Waals surface area contributed by atoms with Gasteiger partial charge < -0.3 is 5.11 Å². The van der Waals surface area contributed by atoms with Gasteiger partial charge >= 0.3 is 0 Å². The Labute approximate surface area is 134 Å². The molecule has 112 valence electrons. The number of thioether (sulfide) groups is 1. The average molecular weight is 310 g/mol. The van der Waals surface area contributed by atoms with Crippen LogP contribution >= 0.6 is 11.8 Å². The van der Waals surface area contributed by atoms with E-state index in [2.05, 4.69) is 9.97 Å². The third-order valence-corrected chi connectivity index (χ3v) is 4.50. The van der Waals surface area contributed by atoms with Gasteiger partial charge in [0.05, 0.1) is 11.6 Å². The third-order valence-electron chi connectivity index (χ3n) is 3.80. The first-order valence-corrected chi connectivity index (χ1v) is 8.47. The van der Waals surface area contributed by atoms with Gasteiger partial charge in [0.25, 0.3) is 0 Å². The van der Waals surface area contributed by atoms with Crippen molar-refractivity contribution >= 4 is 22.7 Å². The predicted molar refractivity (Wildman–Crippen MR) is 91.1 cm³/mol. The number of aliphatic hydroxyl groups excluding tert-OH is 1. The highest BCUT2D eigenvalue weighted by Crippen LogP contribution is 2.31. The lowest BCUT2D eigenvalue weighted by molar-refractivity contribution is 0.148. The zero-order chi connectivity index (χ0) is 15.5. The number of hydrogen-bond acceptors (Lipinski definition) is 4. The summed E-state index contributed by atoms with van der Waals surface area (Å²) in [5, 5.41) is 12.6. The minimum Gasteiger partial charge on any atom is -0.388 e. The highest BCUT2D eigenvalue weighted by atomic mass is 32.2. The predicted octanol–water partition coefficient (Wildman–Crippen LogP) is 4.19. The molecule has 0 aliphatic heterocycles. The van der Waals surface area contributed by atoms with Crippen molar-refractivity contribution in [1.82, 2.24) is 9.97 Å². The van der Waals surface area contributed by atoms with Crippen molar-refractivity contribution in [3.05, 3.63) is 66.0 Å². The molecule has 0 spiro atoms. The standard InChI is InChI=1S/C18H18N2OS/c1-12(16(21)13-8-4-3-5-9-13)17-19-15-11-7-6-10-14(15)18(20-17)22-2/h3-12,16,21H,1-2H3/t12-,16+/m1/s1. The Balaban J connectivity index is 2.02. The molecule has 2 atom stereocenters. The molecular formula is C18H18N2OS. The Hall–Kier alpha value is -1.91. The van der Waals surface area contributed by atoms with Gasteiger partial charge in [-0.05, 0) is 17.9 Å². The number of hydrogen-bond donors (Lipinski definition) is 1. The van der Waals surface area contributed by atoms with Crippen LogP contribution in [0.3, 0.4) is 0 Å². The van der Waals surface area contributed by atoms with Crippen LogP contribution in [0, 0.1) is 0 Å². The van der Waals surface area contributed by atoms with Crippen LogP contribution in [-0.2, 0) is 0 Å². The monoisotopic (exact) mass is 310 g/mol. The molecule has 0 aliphatic carbocycles. The van der Waals surface area contributed by atoms with Gasteiger partial charge in [-0.15, -0.1) is 11.8 Å². The van der Waals surface area contributed by atoms with E-state index in [4.69, 9.17) is 0 Å². The maximum Gasteiger partial charge on any atom is 0.136 e.